The van der Waals surface area contributed by atoms with Crippen LogP contribution in [0.1, 0.15) is 119 Å². The van der Waals surface area contributed by atoms with Crippen molar-refractivity contribution >= 4 is 17.1 Å². The topological polar surface area (TPSA) is 3.24 Å². The van der Waals surface area contributed by atoms with Crippen molar-refractivity contribution in [1.29, 1.82) is 0 Å². The monoisotopic (exact) mass is 1080 g/mol. The molecule has 12 aromatic carbocycles. The highest BCUT2D eigenvalue weighted by molar-refractivity contribution is 5.98. The van der Waals surface area contributed by atoms with E-state index in [1.165, 1.54) is 122 Å². The van der Waals surface area contributed by atoms with Gasteiger partial charge in [0, 0.05) is 17.1 Å². The van der Waals surface area contributed by atoms with Crippen molar-refractivity contribution < 1.29 is 0 Å². The molecule has 1 heteroatoms. The van der Waals surface area contributed by atoms with E-state index in [-0.39, 0.29) is 10.8 Å². The molecule has 0 radical (unpaired) electrons. The van der Waals surface area contributed by atoms with Gasteiger partial charge in [-0.05, 0) is 170 Å². The van der Waals surface area contributed by atoms with Gasteiger partial charge >= 0.3 is 0 Å². The van der Waals surface area contributed by atoms with Crippen LogP contribution in [0.2, 0.25) is 0 Å². The Balaban J connectivity index is 1.01. The summed E-state index contributed by atoms with van der Waals surface area (Å²) in [6.45, 7) is 14.1. The fraction of sp³-hybridized carbons (Fsp3) is 0.133. The number of benzene rings is 12. The van der Waals surface area contributed by atoms with Gasteiger partial charge in [-0.1, -0.05) is 290 Å². The SMILES string of the molecule is CC(C)(C)c1ccc2c(c1)C1(c3ccccc3-c3ccc(N(c4cccc(C5(c6ccccc6)c6ccccc6-c6ccccc65)c4)c4ccc5c(c4)C(c4ccccc4)(c4ccccc4)c4ccccc4-5)cc31)c1cc(C(C)(C)C)ccc1-2. The van der Waals surface area contributed by atoms with Crippen LogP contribution in [0.15, 0.2) is 285 Å². The summed E-state index contributed by atoms with van der Waals surface area (Å²) in [5.41, 5.74) is 29.9. The van der Waals surface area contributed by atoms with E-state index in [1.54, 1.807) is 0 Å². The van der Waals surface area contributed by atoms with Crippen LogP contribution in [0, 0.1) is 0 Å². The second kappa shape index (κ2) is 18.2. The molecule has 0 saturated heterocycles. The molecular weight excluding hydrogens is 1010 g/mol. The van der Waals surface area contributed by atoms with Gasteiger partial charge in [-0.15, -0.1) is 0 Å². The summed E-state index contributed by atoms with van der Waals surface area (Å²) in [6.07, 6.45) is 0. The van der Waals surface area contributed by atoms with Gasteiger partial charge < -0.3 is 4.90 Å². The van der Waals surface area contributed by atoms with Crippen LogP contribution in [0.4, 0.5) is 17.1 Å². The zero-order valence-electron chi connectivity index (χ0n) is 48.6. The van der Waals surface area contributed by atoms with Crippen molar-refractivity contribution in [2.75, 3.05) is 4.90 Å². The predicted molar refractivity (Wildman–Crippen MR) is 349 cm³/mol. The molecule has 0 aromatic heterocycles. The Morgan fingerprint density at radius 2 is 0.500 bits per heavy atom. The number of nitrogens with zero attached hydrogens (tertiary/aromatic N) is 1. The van der Waals surface area contributed by atoms with Gasteiger partial charge in [-0.2, -0.15) is 0 Å². The molecule has 0 N–H and O–H groups in total. The largest absolute Gasteiger partial charge is 0.310 e. The fourth-order valence-electron chi connectivity index (χ4n) is 15.9. The average Bonchev–Trinajstić information content (AvgIpc) is 1.56. The Morgan fingerprint density at radius 1 is 0.214 bits per heavy atom. The van der Waals surface area contributed by atoms with Gasteiger partial charge in [-0.3, -0.25) is 0 Å². The van der Waals surface area contributed by atoms with Crippen molar-refractivity contribution in [3.8, 4) is 44.5 Å². The lowest BCUT2D eigenvalue weighted by atomic mass is 9.67. The molecule has 0 heterocycles. The third-order valence-corrected chi connectivity index (χ3v) is 19.6. The number of hydrogen-bond donors (Lipinski definition) is 0. The lowest BCUT2D eigenvalue weighted by Crippen LogP contribution is -2.29. The number of rotatable bonds is 7. The molecule has 84 heavy (non-hydrogen) atoms. The molecule has 12 aromatic rings. The molecule has 0 unspecified atom stereocenters. The predicted octanol–water partition coefficient (Wildman–Crippen LogP) is 20.8. The lowest BCUT2D eigenvalue weighted by Gasteiger charge is -2.36. The maximum absolute atomic E-state index is 2.59. The van der Waals surface area contributed by atoms with Crippen molar-refractivity contribution in [1.82, 2.24) is 0 Å². The van der Waals surface area contributed by atoms with Crippen LogP contribution in [-0.4, -0.2) is 0 Å². The third-order valence-electron chi connectivity index (χ3n) is 19.6. The number of anilines is 3. The van der Waals surface area contributed by atoms with Gasteiger partial charge in [-0.25, -0.2) is 0 Å². The molecule has 16 rings (SSSR count). The van der Waals surface area contributed by atoms with E-state index < -0.39 is 16.2 Å². The molecule has 0 aliphatic heterocycles. The van der Waals surface area contributed by atoms with Crippen molar-refractivity contribution in [3.05, 3.63) is 363 Å². The van der Waals surface area contributed by atoms with E-state index in [9.17, 15) is 0 Å². The minimum absolute atomic E-state index is 0.0639. The standard InChI is InChI=1S/C83H65N/c1-79(2,3)57-41-45-67-68-46-42-58(80(4,5)6)51-76(68)83(75(67)50-57)74-40-23-19-36-66(74)70-48-44-62(53-78(70)83)84(60-32-24-31-59(49-60)82(56-29-14-9-15-30-56)72-38-21-16-33-63(72)64-34-17-22-39-73(64)82)61-43-47-69-65-35-18-20-37-71(65)81(77(69)52-61,54-25-10-7-11-26-54)55-27-12-8-13-28-55/h7-53H,1-6H3. The van der Waals surface area contributed by atoms with E-state index in [2.05, 4.69) is 332 Å². The molecule has 402 valence electrons. The summed E-state index contributed by atoms with van der Waals surface area (Å²) < 4.78 is 0. The summed E-state index contributed by atoms with van der Waals surface area (Å²) in [7, 11) is 0. The zero-order valence-corrected chi connectivity index (χ0v) is 48.6. The summed E-state index contributed by atoms with van der Waals surface area (Å²) >= 11 is 0. The Bertz CT molecular complexity index is 4480. The highest BCUT2D eigenvalue weighted by Crippen LogP contribution is 2.65. The average molecular weight is 1080 g/mol. The fourth-order valence-corrected chi connectivity index (χ4v) is 15.9. The molecule has 4 aliphatic carbocycles. The maximum atomic E-state index is 2.59. The van der Waals surface area contributed by atoms with E-state index in [4.69, 9.17) is 0 Å². The first-order valence-corrected chi connectivity index (χ1v) is 30.0. The minimum atomic E-state index is -0.595. The number of hydrogen-bond acceptors (Lipinski definition) is 1. The number of fused-ring (bicyclic) bond motifs is 16. The summed E-state index contributed by atoms with van der Waals surface area (Å²) in [5, 5.41) is 0. The summed E-state index contributed by atoms with van der Waals surface area (Å²) in [5.74, 6) is 0. The molecule has 0 bridgehead atoms. The minimum Gasteiger partial charge on any atom is -0.310 e. The van der Waals surface area contributed by atoms with Crippen molar-refractivity contribution in [2.24, 2.45) is 0 Å². The van der Waals surface area contributed by atoms with Crippen LogP contribution in [0.5, 0.6) is 0 Å². The highest BCUT2D eigenvalue weighted by Gasteiger charge is 2.53. The van der Waals surface area contributed by atoms with Crippen LogP contribution in [0.3, 0.4) is 0 Å². The molecular formula is C83H65N. The van der Waals surface area contributed by atoms with E-state index >= 15 is 0 Å². The molecule has 0 saturated carbocycles. The van der Waals surface area contributed by atoms with Gasteiger partial charge in [0.25, 0.3) is 0 Å². The Kier molecular flexibility index (Phi) is 10.9. The molecule has 0 fully saturated rings. The summed E-state index contributed by atoms with van der Waals surface area (Å²) in [6, 6.07) is 109. The van der Waals surface area contributed by atoms with Crippen LogP contribution >= 0.6 is 0 Å². The first-order chi connectivity index (χ1) is 40.9. The van der Waals surface area contributed by atoms with Gasteiger partial charge in [0.2, 0.25) is 0 Å². The van der Waals surface area contributed by atoms with Gasteiger partial charge in [0.1, 0.15) is 0 Å². The second-order valence-corrected chi connectivity index (χ2v) is 25.9. The highest BCUT2D eigenvalue weighted by atomic mass is 15.1. The summed E-state index contributed by atoms with van der Waals surface area (Å²) in [4.78, 5) is 2.59. The van der Waals surface area contributed by atoms with Gasteiger partial charge in [0.15, 0.2) is 0 Å². The lowest BCUT2D eigenvalue weighted by molar-refractivity contribution is 0.586. The molecule has 4 aliphatic rings. The first-order valence-electron chi connectivity index (χ1n) is 30.0. The first kappa shape index (κ1) is 50.2. The van der Waals surface area contributed by atoms with Crippen LogP contribution in [0.25, 0.3) is 44.5 Å². The Morgan fingerprint density at radius 3 is 0.893 bits per heavy atom. The molecule has 0 atom stereocenters. The second-order valence-electron chi connectivity index (χ2n) is 25.9. The normalized spacial score (nSPS) is 14.8. The zero-order chi connectivity index (χ0) is 56.7. The smallest absolute Gasteiger partial charge is 0.0726 e. The maximum Gasteiger partial charge on any atom is 0.0726 e. The van der Waals surface area contributed by atoms with E-state index in [0.717, 1.165) is 17.1 Å². The van der Waals surface area contributed by atoms with Crippen LogP contribution < -0.4 is 4.90 Å². The van der Waals surface area contributed by atoms with E-state index in [0.29, 0.717) is 0 Å². The van der Waals surface area contributed by atoms with E-state index in [1.807, 2.05) is 0 Å². The van der Waals surface area contributed by atoms with Gasteiger partial charge in [0.05, 0.1) is 16.2 Å². The molecule has 1 nitrogen and oxygen atoms in total. The third kappa shape index (κ3) is 6.84. The molecule has 1 spiro atoms. The Hall–Kier alpha value is -9.56. The van der Waals surface area contributed by atoms with Crippen molar-refractivity contribution in [3.63, 3.8) is 0 Å². The van der Waals surface area contributed by atoms with Crippen molar-refractivity contribution in [2.45, 2.75) is 68.6 Å². The quantitative estimate of drug-likeness (QED) is 0.154. The molecule has 0 amide bonds. The Labute approximate surface area is 495 Å². The van der Waals surface area contributed by atoms with Crippen LogP contribution in [-0.2, 0) is 27.1 Å².